The zero-order valence-electron chi connectivity index (χ0n) is 25.3. The van der Waals surface area contributed by atoms with Crippen molar-refractivity contribution in [2.45, 2.75) is 50.9 Å². The highest BCUT2D eigenvalue weighted by molar-refractivity contribution is 6.30. The number of cyclic esters (lactones) is 1. The molecular formula is C30H29ClF5N5O7. The molecule has 0 radical (unpaired) electrons. The maximum atomic E-state index is 14.6. The molecule has 48 heavy (non-hydrogen) atoms. The molecule has 18 heteroatoms. The summed E-state index contributed by atoms with van der Waals surface area (Å²) in [5, 5.41) is 12.4. The van der Waals surface area contributed by atoms with Crippen molar-refractivity contribution in [2.75, 3.05) is 24.3 Å². The van der Waals surface area contributed by atoms with Gasteiger partial charge in [0.15, 0.2) is 5.82 Å². The molecule has 0 saturated carbocycles. The van der Waals surface area contributed by atoms with E-state index in [-0.39, 0.29) is 35.4 Å². The number of carbonyl (C=O) groups excluding carboxylic acids is 3. The number of fused-ring (bicyclic) bond motifs is 4. The molecule has 3 heterocycles. The van der Waals surface area contributed by atoms with Crippen LogP contribution in [0.1, 0.15) is 56.1 Å². The van der Waals surface area contributed by atoms with Gasteiger partial charge in [-0.25, -0.2) is 28.1 Å². The van der Waals surface area contributed by atoms with Crippen LogP contribution >= 0.6 is 11.6 Å². The average molecular weight is 702 g/mol. The van der Waals surface area contributed by atoms with E-state index in [0.29, 0.717) is 47.7 Å². The SMILES string of the molecule is COC(=O)Nc1ccc2c(c1)NC(=O)[C@H](C)CCC[C@H](N1CCC(c3c(F)ccc(Cl)c3F)OC1=O)c1ncc-2[nH]1.O=C(O)C(F)(F)F. The van der Waals surface area contributed by atoms with E-state index in [2.05, 4.69) is 25.3 Å². The molecule has 258 valence electrons. The maximum Gasteiger partial charge on any atom is 0.490 e. The number of amides is 3. The van der Waals surface area contributed by atoms with E-state index in [1.54, 1.807) is 24.4 Å². The van der Waals surface area contributed by atoms with Crippen molar-refractivity contribution in [1.82, 2.24) is 14.9 Å². The van der Waals surface area contributed by atoms with Crippen LogP contribution in [0.3, 0.4) is 0 Å². The van der Waals surface area contributed by atoms with Gasteiger partial charge in [-0.15, -0.1) is 0 Å². The van der Waals surface area contributed by atoms with E-state index in [4.69, 9.17) is 26.2 Å². The van der Waals surface area contributed by atoms with Crippen molar-refractivity contribution in [3.05, 3.63) is 64.6 Å². The highest BCUT2D eigenvalue weighted by Gasteiger charge is 2.39. The van der Waals surface area contributed by atoms with Crippen LogP contribution in [0.25, 0.3) is 11.3 Å². The number of anilines is 2. The number of H-pyrrole nitrogens is 1. The van der Waals surface area contributed by atoms with Crippen molar-refractivity contribution >= 4 is 47.0 Å². The molecule has 2 aliphatic rings. The third-order valence-electron chi connectivity index (χ3n) is 7.60. The molecule has 3 atom stereocenters. The van der Waals surface area contributed by atoms with Gasteiger partial charge in [-0.05, 0) is 43.2 Å². The standard InChI is InChI=1S/C28H28ClF2N5O5.C2HF3O2/c1-14-4-3-5-21(36-11-10-22(41-28(36)39)23-18(30)9-8-17(29)24(23)31)25-32-13-20(34-25)16-7-6-15(33-27(38)40-2)12-19(16)35-26(14)37;3-2(4,5)1(6)7/h6-9,12-14,21-22H,3-5,10-11H2,1-2H3,(H,32,34)(H,33,38)(H,35,37);(H,6,7)/t14-,21+,22?;/m1./s1. The molecule has 2 aliphatic heterocycles. The van der Waals surface area contributed by atoms with Crippen LogP contribution in [0.2, 0.25) is 5.02 Å². The van der Waals surface area contributed by atoms with E-state index in [0.717, 1.165) is 12.1 Å². The number of hydrogen-bond acceptors (Lipinski definition) is 7. The highest BCUT2D eigenvalue weighted by atomic mass is 35.5. The molecule has 0 aliphatic carbocycles. The first-order chi connectivity index (χ1) is 22.6. The van der Waals surface area contributed by atoms with Gasteiger partial charge < -0.3 is 24.9 Å². The number of hydrogen-bond donors (Lipinski definition) is 4. The van der Waals surface area contributed by atoms with E-state index in [9.17, 15) is 36.3 Å². The third-order valence-corrected chi connectivity index (χ3v) is 7.89. The van der Waals surface area contributed by atoms with Gasteiger partial charge in [0, 0.05) is 30.1 Å². The molecule has 4 N–H and O–H groups in total. The number of carboxylic acids is 1. The summed E-state index contributed by atoms with van der Waals surface area (Å²) in [6, 6.07) is 6.62. The van der Waals surface area contributed by atoms with Crippen LogP contribution in [0.15, 0.2) is 36.5 Å². The fourth-order valence-corrected chi connectivity index (χ4v) is 5.30. The predicted octanol–water partition coefficient (Wildman–Crippen LogP) is 7.20. The number of aliphatic carboxylic acids is 1. The van der Waals surface area contributed by atoms with Gasteiger partial charge in [-0.3, -0.25) is 15.0 Å². The number of ether oxygens (including phenoxy) is 2. The molecule has 3 amide bonds. The second-order valence-corrected chi connectivity index (χ2v) is 11.2. The van der Waals surface area contributed by atoms with Gasteiger partial charge >= 0.3 is 24.3 Å². The predicted molar refractivity (Wildman–Crippen MR) is 160 cm³/mol. The fourth-order valence-electron chi connectivity index (χ4n) is 5.14. The smallest absolute Gasteiger partial charge is 0.475 e. The molecule has 2 bridgehead atoms. The summed E-state index contributed by atoms with van der Waals surface area (Å²) in [6.07, 6.45) is -4.29. The van der Waals surface area contributed by atoms with Gasteiger partial charge in [0.2, 0.25) is 5.91 Å². The number of rotatable bonds is 3. The Bertz CT molecular complexity index is 1700. The van der Waals surface area contributed by atoms with Crippen LogP contribution in [0.4, 0.5) is 42.9 Å². The van der Waals surface area contributed by atoms with Crippen LogP contribution in [0.5, 0.6) is 0 Å². The van der Waals surface area contributed by atoms with Gasteiger partial charge in [0.25, 0.3) is 0 Å². The Morgan fingerprint density at radius 3 is 2.50 bits per heavy atom. The zero-order chi connectivity index (χ0) is 35.3. The molecule has 1 saturated heterocycles. The lowest BCUT2D eigenvalue weighted by atomic mass is 9.98. The van der Waals surface area contributed by atoms with Gasteiger partial charge in [0.05, 0.1) is 41.3 Å². The van der Waals surface area contributed by atoms with Crippen molar-refractivity contribution < 1.29 is 55.7 Å². The normalized spacial score (nSPS) is 19.7. The minimum absolute atomic E-state index is 0.140. The van der Waals surface area contributed by atoms with E-state index in [1.807, 2.05) is 6.92 Å². The van der Waals surface area contributed by atoms with E-state index in [1.165, 1.54) is 12.0 Å². The molecule has 3 aromatic rings. The van der Waals surface area contributed by atoms with Crippen LogP contribution < -0.4 is 10.6 Å². The molecule has 1 unspecified atom stereocenters. The molecule has 1 aromatic heterocycles. The lowest BCUT2D eigenvalue weighted by Crippen LogP contribution is -2.42. The summed E-state index contributed by atoms with van der Waals surface area (Å²) in [5.74, 6) is -4.60. The number of carboxylic acid groups (broad SMARTS) is 1. The number of carbonyl (C=O) groups is 4. The summed E-state index contributed by atoms with van der Waals surface area (Å²) < 4.78 is 71.0. The summed E-state index contributed by atoms with van der Waals surface area (Å²) in [5.41, 5.74) is 1.69. The van der Waals surface area contributed by atoms with Crippen LogP contribution in [-0.2, 0) is 19.1 Å². The largest absolute Gasteiger partial charge is 0.490 e. The number of benzene rings is 2. The Morgan fingerprint density at radius 2 is 1.85 bits per heavy atom. The number of nitrogens with one attached hydrogen (secondary N) is 3. The molecule has 12 nitrogen and oxygen atoms in total. The van der Waals surface area contributed by atoms with E-state index >= 15 is 0 Å². The second kappa shape index (κ2) is 14.9. The summed E-state index contributed by atoms with van der Waals surface area (Å²) >= 11 is 5.84. The first-order valence-electron chi connectivity index (χ1n) is 14.4. The second-order valence-electron chi connectivity index (χ2n) is 10.8. The zero-order valence-corrected chi connectivity index (χ0v) is 26.0. The van der Waals surface area contributed by atoms with Crippen molar-refractivity contribution in [2.24, 2.45) is 5.92 Å². The number of aromatic nitrogens is 2. The molecular weight excluding hydrogens is 673 g/mol. The summed E-state index contributed by atoms with van der Waals surface area (Å²) in [6.45, 7) is 1.97. The lowest BCUT2D eigenvalue weighted by molar-refractivity contribution is -0.192. The minimum atomic E-state index is -5.08. The molecule has 0 spiro atoms. The first-order valence-corrected chi connectivity index (χ1v) is 14.7. The topological polar surface area (TPSA) is 163 Å². The molecule has 2 aromatic carbocycles. The number of imidazole rings is 1. The summed E-state index contributed by atoms with van der Waals surface area (Å²) in [7, 11) is 1.25. The Morgan fingerprint density at radius 1 is 1.15 bits per heavy atom. The van der Waals surface area contributed by atoms with Gasteiger partial charge in [0.1, 0.15) is 17.7 Å². The number of alkyl halides is 3. The molecule has 5 rings (SSSR count). The Kier molecular flexibility index (Phi) is 11.1. The first kappa shape index (κ1) is 35.9. The number of nitrogens with zero attached hydrogens (tertiary/aromatic N) is 2. The monoisotopic (exact) mass is 701 g/mol. The maximum absolute atomic E-state index is 14.6. The number of halogens is 6. The number of methoxy groups -OCH3 is 1. The third kappa shape index (κ3) is 8.31. The van der Waals surface area contributed by atoms with Crippen molar-refractivity contribution in [3.63, 3.8) is 0 Å². The van der Waals surface area contributed by atoms with Crippen LogP contribution in [0, 0.1) is 17.6 Å². The number of aromatic amines is 1. The quantitative estimate of drug-likeness (QED) is 0.165. The van der Waals surface area contributed by atoms with Crippen molar-refractivity contribution in [3.8, 4) is 11.3 Å². The summed E-state index contributed by atoms with van der Waals surface area (Å²) in [4.78, 5) is 56.1. The Hall–Kier alpha value is -4.93. The van der Waals surface area contributed by atoms with Crippen molar-refractivity contribution in [1.29, 1.82) is 0 Å². The van der Waals surface area contributed by atoms with Gasteiger partial charge in [-0.2, -0.15) is 13.2 Å². The molecule has 1 fully saturated rings. The lowest BCUT2D eigenvalue weighted by Gasteiger charge is -2.36. The van der Waals surface area contributed by atoms with Crippen LogP contribution in [-0.4, -0.2) is 63.9 Å². The minimum Gasteiger partial charge on any atom is -0.475 e. The highest BCUT2D eigenvalue weighted by Crippen LogP contribution is 2.38. The van der Waals surface area contributed by atoms with E-state index < -0.39 is 48.1 Å². The fraction of sp³-hybridized carbons (Fsp3) is 0.367. The average Bonchev–Trinajstić information content (AvgIpc) is 3.51. The van der Waals surface area contributed by atoms with Gasteiger partial charge in [-0.1, -0.05) is 24.9 Å². The Balaban J connectivity index is 0.000000671. The Labute approximate surface area is 274 Å².